The molecule has 0 saturated carbocycles. The topological polar surface area (TPSA) is 86.1 Å². The summed E-state index contributed by atoms with van der Waals surface area (Å²) in [5.74, 6) is -0.156. The van der Waals surface area contributed by atoms with E-state index in [2.05, 4.69) is 4.98 Å². The molecule has 2 aliphatic rings. The van der Waals surface area contributed by atoms with Crippen molar-refractivity contribution in [1.82, 2.24) is 9.55 Å². The van der Waals surface area contributed by atoms with E-state index < -0.39 is 15.4 Å². The Hall–Kier alpha value is -2.54. The zero-order chi connectivity index (χ0) is 17.6. The van der Waals surface area contributed by atoms with Gasteiger partial charge in [-0.3, -0.25) is 14.2 Å². The van der Waals surface area contributed by atoms with Gasteiger partial charge in [-0.2, -0.15) is 0 Å². The molecule has 0 atom stereocenters. The van der Waals surface area contributed by atoms with E-state index in [0.29, 0.717) is 29.6 Å². The summed E-state index contributed by atoms with van der Waals surface area (Å²) in [5, 5.41) is -0.240. The molecule has 0 fully saturated rings. The molecule has 0 spiro atoms. The third kappa shape index (κ3) is 2.38. The number of nitrogens with zero attached hydrogens (tertiary/aromatic N) is 2. The van der Waals surface area contributed by atoms with Crippen LogP contribution in [0.4, 0.5) is 0 Å². The number of carbonyl (C=O) groups excluding carboxylic acids is 1. The summed E-state index contributed by atoms with van der Waals surface area (Å²) in [6.45, 7) is 0.177. The van der Waals surface area contributed by atoms with E-state index in [4.69, 9.17) is 0 Å². The molecule has 2 heterocycles. The van der Waals surface area contributed by atoms with Gasteiger partial charge in [-0.25, -0.2) is 13.4 Å². The molecule has 7 heteroatoms. The maximum absolute atomic E-state index is 13.1. The third-order valence-corrected chi connectivity index (χ3v) is 6.66. The van der Waals surface area contributed by atoms with Gasteiger partial charge in [0.05, 0.1) is 17.0 Å². The normalized spacial score (nSPS) is 17.9. The van der Waals surface area contributed by atoms with Crippen LogP contribution in [0, 0.1) is 0 Å². The number of fused-ring (bicyclic) bond motifs is 2. The van der Waals surface area contributed by atoms with Crippen molar-refractivity contribution in [1.29, 1.82) is 0 Å². The van der Waals surface area contributed by atoms with E-state index in [1.54, 1.807) is 0 Å². The van der Waals surface area contributed by atoms with Gasteiger partial charge in [0.25, 0.3) is 5.56 Å². The summed E-state index contributed by atoms with van der Waals surface area (Å²) in [6, 6.07) is 9.23. The first-order valence-electron chi connectivity index (χ1n) is 8.15. The summed E-state index contributed by atoms with van der Waals surface area (Å²) in [5.41, 5.74) is 1.15. The average Bonchev–Trinajstić information content (AvgIpc) is 2.86. The van der Waals surface area contributed by atoms with Crippen LogP contribution in [-0.4, -0.2) is 24.3 Å². The second-order valence-corrected chi connectivity index (χ2v) is 8.14. The van der Waals surface area contributed by atoms with E-state index in [1.165, 1.54) is 4.57 Å². The lowest BCUT2D eigenvalue weighted by Crippen LogP contribution is -2.29. The van der Waals surface area contributed by atoms with Crippen LogP contribution in [0.3, 0.4) is 0 Å². The summed E-state index contributed by atoms with van der Waals surface area (Å²) < 4.78 is 26.7. The highest BCUT2D eigenvalue weighted by molar-refractivity contribution is 7.95. The van der Waals surface area contributed by atoms with Crippen molar-refractivity contribution in [3.05, 3.63) is 62.5 Å². The van der Waals surface area contributed by atoms with Crippen LogP contribution in [-0.2, 0) is 16.4 Å². The first kappa shape index (κ1) is 16.0. The fourth-order valence-corrected chi connectivity index (χ4v) is 5.44. The largest absolute Gasteiger partial charge is 0.294 e. The Morgan fingerprint density at radius 1 is 1.12 bits per heavy atom. The second-order valence-electron chi connectivity index (χ2n) is 6.26. The summed E-state index contributed by atoms with van der Waals surface area (Å²) in [7, 11) is -3.75. The number of rotatable bonds is 3. The van der Waals surface area contributed by atoms with Crippen molar-refractivity contribution in [2.45, 2.75) is 37.3 Å². The minimum atomic E-state index is -3.75. The quantitative estimate of drug-likeness (QED) is 0.621. The molecular formula is C18H16N2O4S. The zero-order valence-corrected chi connectivity index (χ0v) is 14.3. The number of aldehydes is 1. The number of allylic oxidation sites excluding steroid dienone is 2. The molecular weight excluding hydrogens is 340 g/mol. The molecule has 4 rings (SSSR count). The number of carbonyl (C=O) groups is 1. The fraction of sp³-hybridized carbons (Fsp3) is 0.278. The van der Waals surface area contributed by atoms with Gasteiger partial charge in [0.15, 0.2) is 17.1 Å². The Morgan fingerprint density at radius 3 is 2.56 bits per heavy atom. The van der Waals surface area contributed by atoms with Gasteiger partial charge in [0.2, 0.25) is 9.84 Å². The van der Waals surface area contributed by atoms with E-state index in [0.717, 1.165) is 18.4 Å². The van der Waals surface area contributed by atoms with Gasteiger partial charge in [-0.15, -0.1) is 0 Å². The van der Waals surface area contributed by atoms with Gasteiger partial charge in [0, 0.05) is 0 Å². The molecule has 1 aliphatic carbocycles. The lowest BCUT2D eigenvalue weighted by molar-refractivity contribution is 0.110. The molecule has 2 aromatic rings. The predicted molar refractivity (Wildman–Crippen MR) is 92.0 cm³/mol. The minimum absolute atomic E-state index is 0.156. The highest BCUT2D eigenvalue weighted by Gasteiger charge is 2.40. The Labute approximate surface area is 144 Å². The van der Waals surface area contributed by atoms with E-state index in [1.807, 2.05) is 30.3 Å². The second kappa shape index (κ2) is 5.77. The highest BCUT2D eigenvalue weighted by Crippen LogP contribution is 2.44. The molecule has 1 aromatic heterocycles. The van der Waals surface area contributed by atoms with Crippen molar-refractivity contribution >= 4 is 21.7 Å². The number of sulfone groups is 1. The molecule has 0 radical (unpaired) electrons. The van der Waals surface area contributed by atoms with Crippen molar-refractivity contribution in [3.8, 4) is 0 Å². The van der Waals surface area contributed by atoms with Gasteiger partial charge in [-0.05, 0) is 36.8 Å². The molecule has 1 aromatic carbocycles. The maximum Gasteiger partial charge on any atom is 0.263 e. The monoisotopic (exact) mass is 356 g/mol. The van der Waals surface area contributed by atoms with Crippen LogP contribution in [0.15, 0.2) is 45.1 Å². The summed E-state index contributed by atoms with van der Waals surface area (Å²) >= 11 is 0. The molecule has 0 N–H and O–H groups in total. The Bertz CT molecular complexity index is 1070. The molecule has 25 heavy (non-hydrogen) atoms. The van der Waals surface area contributed by atoms with Crippen LogP contribution >= 0.6 is 0 Å². The fourth-order valence-electron chi connectivity index (χ4n) is 3.57. The number of hydrogen-bond acceptors (Lipinski definition) is 5. The van der Waals surface area contributed by atoms with Crippen LogP contribution < -0.4 is 5.56 Å². The van der Waals surface area contributed by atoms with Gasteiger partial charge >= 0.3 is 0 Å². The average molecular weight is 356 g/mol. The Kier molecular flexibility index (Phi) is 3.68. The van der Waals surface area contributed by atoms with Crippen LogP contribution in [0.25, 0.3) is 5.57 Å². The van der Waals surface area contributed by atoms with Gasteiger partial charge < -0.3 is 0 Å². The van der Waals surface area contributed by atoms with Crippen molar-refractivity contribution < 1.29 is 13.2 Å². The Morgan fingerprint density at radius 2 is 1.84 bits per heavy atom. The van der Waals surface area contributed by atoms with Crippen LogP contribution in [0.1, 0.15) is 47.4 Å². The van der Waals surface area contributed by atoms with E-state index >= 15 is 0 Å². The number of hydrogen-bond donors (Lipinski definition) is 0. The first-order chi connectivity index (χ1) is 12.0. The van der Waals surface area contributed by atoms with Crippen LogP contribution in [0.5, 0.6) is 0 Å². The first-order valence-corrected chi connectivity index (χ1v) is 9.64. The maximum atomic E-state index is 13.1. The van der Waals surface area contributed by atoms with E-state index in [9.17, 15) is 18.0 Å². The lowest BCUT2D eigenvalue weighted by atomic mass is 9.95. The standard InChI is InChI=1S/C18H16N2O4S/c21-11-15-19-17-16(13-8-4-5-9-14(13)25(17,23)24)18(22)20(15)10-12-6-2-1-3-7-12/h1-3,6-7,11H,4-5,8-10H2. The molecule has 128 valence electrons. The van der Waals surface area contributed by atoms with Crippen molar-refractivity contribution in [2.75, 3.05) is 0 Å². The summed E-state index contributed by atoms with van der Waals surface area (Å²) in [6.07, 6.45) is 3.07. The van der Waals surface area contributed by atoms with Crippen molar-refractivity contribution in [2.24, 2.45) is 0 Å². The lowest BCUT2D eigenvalue weighted by Gasteiger charge is -2.13. The molecule has 0 saturated heterocycles. The Balaban J connectivity index is 1.96. The minimum Gasteiger partial charge on any atom is -0.294 e. The number of aromatic nitrogens is 2. The molecule has 0 amide bonds. The predicted octanol–water partition coefficient (Wildman–Crippen LogP) is 2.18. The van der Waals surface area contributed by atoms with E-state index in [-0.39, 0.29) is 23.0 Å². The highest BCUT2D eigenvalue weighted by atomic mass is 32.2. The summed E-state index contributed by atoms with van der Waals surface area (Å²) in [4.78, 5) is 28.9. The molecule has 0 unspecified atom stereocenters. The van der Waals surface area contributed by atoms with Crippen molar-refractivity contribution in [3.63, 3.8) is 0 Å². The molecule has 6 nitrogen and oxygen atoms in total. The smallest absolute Gasteiger partial charge is 0.263 e. The SMILES string of the molecule is O=Cc1nc2c(c(=O)n1Cc1ccccc1)C1=C(CCCC1)S2(=O)=O. The molecule has 0 bridgehead atoms. The zero-order valence-electron chi connectivity index (χ0n) is 13.4. The molecule has 1 aliphatic heterocycles. The third-order valence-electron chi connectivity index (χ3n) is 4.75. The van der Waals surface area contributed by atoms with Crippen LogP contribution in [0.2, 0.25) is 0 Å². The van der Waals surface area contributed by atoms with Gasteiger partial charge in [0.1, 0.15) is 0 Å². The van der Waals surface area contributed by atoms with Gasteiger partial charge in [-0.1, -0.05) is 30.3 Å². The number of benzene rings is 1.